The topological polar surface area (TPSA) is 61.4 Å². The standard InChI is InChI=1S/C11H19N3O2/c1-8(2)9(15)14-5-3-11(4-6-14)7-12-10(16)13-11/h8H,3-7H2,1-2H3,(H2,12,13,16). The summed E-state index contributed by atoms with van der Waals surface area (Å²) in [4.78, 5) is 24.8. The van der Waals surface area contributed by atoms with Gasteiger partial charge in [0, 0.05) is 25.6 Å². The predicted octanol–water partition coefficient (Wildman–Crippen LogP) is 0.316. The molecule has 5 heteroatoms. The Bertz CT molecular complexity index is 306. The fourth-order valence-electron chi connectivity index (χ4n) is 2.40. The van der Waals surface area contributed by atoms with Crippen LogP contribution in [0.15, 0.2) is 0 Å². The second-order valence-corrected chi connectivity index (χ2v) is 5.07. The highest BCUT2D eigenvalue weighted by Crippen LogP contribution is 2.25. The number of rotatable bonds is 1. The van der Waals surface area contributed by atoms with Crippen LogP contribution in [0.2, 0.25) is 0 Å². The fraction of sp³-hybridized carbons (Fsp3) is 0.818. The summed E-state index contributed by atoms with van der Waals surface area (Å²) < 4.78 is 0. The first kappa shape index (κ1) is 11.2. The highest BCUT2D eigenvalue weighted by atomic mass is 16.2. The van der Waals surface area contributed by atoms with Gasteiger partial charge in [-0.15, -0.1) is 0 Å². The molecule has 2 fully saturated rings. The Labute approximate surface area is 95.6 Å². The van der Waals surface area contributed by atoms with Crippen LogP contribution >= 0.6 is 0 Å². The van der Waals surface area contributed by atoms with Gasteiger partial charge in [0.05, 0.1) is 5.54 Å². The van der Waals surface area contributed by atoms with Crippen LogP contribution in [-0.2, 0) is 4.79 Å². The number of likely N-dealkylation sites (tertiary alicyclic amines) is 1. The molecule has 0 bridgehead atoms. The van der Waals surface area contributed by atoms with Crippen LogP contribution in [0.1, 0.15) is 26.7 Å². The van der Waals surface area contributed by atoms with Crippen molar-refractivity contribution in [2.24, 2.45) is 5.92 Å². The van der Waals surface area contributed by atoms with E-state index in [2.05, 4.69) is 10.6 Å². The van der Waals surface area contributed by atoms with Crippen LogP contribution in [0.25, 0.3) is 0 Å². The summed E-state index contributed by atoms with van der Waals surface area (Å²) in [5.41, 5.74) is -0.106. The molecule has 0 aromatic rings. The van der Waals surface area contributed by atoms with E-state index in [1.54, 1.807) is 0 Å². The van der Waals surface area contributed by atoms with Crippen molar-refractivity contribution in [3.05, 3.63) is 0 Å². The monoisotopic (exact) mass is 225 g/mol. The average Bonchev–Trinajstić information content (AvgIpc) is 2.60. The van der Waals surface area contributed by atoms with Gasteiger partial charge in [0.25, 0.3) is 0 Å². The van der Waals surface area contributed by atoms with Crippen molar-refractivity contribution >= 4 is 11.9 Å². The van der Waals surface area contributed by atoms with E-state index < -0.39 is 0 Å². The van der Waals surface area contributed by atoms with Crippen molar-refractivity contribution < 1.29 is 9.59 Å². The molecule has 2 aliphatic rings. The Balaban J connectivity index is 1.92. The van der Waals surface area contributed by atoms with E-state index in [0.717, 1.165) is 25.9 Å². The molecule has 2 rings (SSSR count). The number of piperidine rings is 1. The van der Waals surface area contributed by atoms with Crippen molar-refractivity contribution in [1.82, 2.24) is 15.5 Å². The second-order valence-electron chi connectivity index (χ2n) is 5.07. The summed E-state index contributed by atoms with van der Waals surface area (Å²) in [5.74, 6) is 0.275. The smallest absolute Gasteiger partial charge is 0.315 e. The highest BCUT2D eigenvalue weighted by Gasteiger charge is 2.41. The molecule has 5 nitrogen and oxygen atoms in total. The molecule has 0 unspecified atom stereocenters. The molecular formula is C11H19N3O2. The third-order valence-electron chi connectivity index (χ3n) is 3.49. The van der Waals surface area contributed by atoms with Crippen LogP contribution in [0.4, 0.5) is 4.79 Å². The fourth-order valence-corrected chi connectivity index (χ4v) is 2.40. The summed E-state index contributed by atoms with van der Waals surface area (Å²) in [6, 6.07) is -0.0800. The predicted molar refractivity (Wildman–Crippen MR) is 59.9 cm³/mol. The zero-order valence-corrected chi connectivity index (χ0v) is 9.88. The van der Waals surface area contributed by atoms with Gasteiger partial charge in [-0.1, -0.05) is 13.8 Å². The Hall–Kier alpha value is -1.26. The Morgan fingerprint density at radius 3 is 2.44 bits per heavy atom. The van der Waals surface area contributed by atoms with Crippen molar-refractivity contribution in [3.63, 3.8) is 0 Å². The summed E-state index contributed by atoms with van der Waals surface area (Å²) in [6.07, 6.45) is 1.70. The first-order valence-corrected chi connectivity index (χ1v) is 5.87. The number of nitrogens with zero attached hydrogens (tertiary/aromatic N) is 1. The molecule has 90 valence electrons. The van der Waals surface area contributed by atoms with E-state index in [-0.39, 0.29) is 23.4 Å². The summed E-state index contributed by atoms with van der Waals surface area (Å²) in [5, 5.41) is 5.76. The van der Waals surface area contributed by atoms with E-state index >= 15 is 0 Å². The van der Waals surface area contributed by atoms with Crippen LogP contribution in [-0.4, -0.2) is 42.0 Å². The normalized spacial score (nSPS) is 23.4. The molecular weight excluding hydrogens is 206 g/mol. The van der Waals surface area contributed by atoms with Crippen molar-refractivity contribution in [3.8, 4) is 0 Å². The lowest BCUT2D eigenvalue weighted by molar-refractivity contribution is -0.136. The lowest BCUT2D eigenvalue weighted by Gasteiger charge is -2.39. The SMILES string of the molecule is CC(C)C(=O)N1CCC2(CC1)CNC(=O)N2. The first-order chi connectivity index (χ1) is 7.52. The van der Waals surface area contributed by atoms with Gasteiger partial charge in [0.15, 0.2) is 0 Å². The van der Waals surface area contributed by atoms with Gasteiger partial charge in [0.2, 0.25) is 5.91 Å². The minimum Gasteiger partial charge on any atom is -0.342 e. The number of nitrogens with one attached hydrogen (secondary N) is 2. The van der Waals surface area contributed by atoms with Crippen LogP contribution < -0.4 is 10.6 Å². The zero-order chi connectivity index (χ0) is 11.8. The Morgan fingerprint density at radius 2 is 2.00 bits per heavy atom. The second kappa shape index (κ2) is 3.96. The lowest BCUT2D eigenvalue weighted by atomic mass is 9.88. The molecule has 0 aromatic carbocycles. The molecule has 0 aliphatic carbocycles. The van der Waals surface area contributed by atoms with Gasteiger partial charge >= 0.3 is 6.03 Å². The van der Waals surface area contributed by atoms with Crippen molar-refractivity contribution in [2.45, 2.75) is 32.2 Å². The maximum atomic E-state index is 11.8. The molecule has 2 heterocycles. The Kier molecular flexibility index (Phi) is 2.78. The van der Waals surface area contributed by atoms with E-state index in [1.807, 2.05) is 18.7 Å². The van der Waals surface area contributed by atoms with E-state index in [1.165, 1.54) is 0 Å². The molecule has 2 aliphatic heterocycles. The first-order valence-electron chi connectivity index (χ1n) is 5.87. The molecule has 0 radical (unpaired) electrons. The van der Waals surface area contributed by atoms with E-state index in [0.29, 0.717) is 6.54 Å². The summed E-state index contributed by atoms with van der Waals surface area (Å²) in [7, 11) is 0. The molecule has 3 amide bonds. The van der Waals surface area contributed by atoms with Crippen LogP contribution in [0.5, 0.6) is 0 Å². The van der Waals surface area contributed by atoms with E-state index in [4.69, 9.17) is 0 Å². The minimum atomic E-state index is -0.106. The number of carbonyl (C=O) groups excluding carboxylic acids is 2. The molecule has 0 saturated carbocycles. The van der Waals surface area contributed by atoms with Crippen LogP contribution in [0.3, 0.4) is 0 Å². The van der Waals surface area contributed by atoms with Crippen molar-refractivity contribution in [1.29, 1.82) is 0 Å². The third-order valence-corrected chi connectivity index (χ3v) is 3.49. The lowest BCUT2D eigenvalue weighted by Crippen LogP contribution is -2.54. The number of urea groups is 1. The maximum absolute atomic E-state index is 11.8. The number of carbonyl (C=O) groups is 2. The van der Waals surface area contributed by atoms with Gasteiger partial charge in [0.1, 0.15) is 0 Å². The van der Waals surface area contributed by atoms with Gasteiger partial charge in [-0.2, -0.15) is 0 Å². The maximum Gasteiger partial charge on any atom is 0.315 e. The number of hydrogen-bond donors (Lipinski definition) is 2. The highest BCUT2D eigenvalue weighted by molar-refractivity contribution is 5.79. The molecule has 1 spiro atoms. The molecule has 2 N–H and O–H groups in total. The Morgan fingerprint density at radius 1 is 1.38 bits per heavy atom. The van der Waals surface area contributed by atoms with Crippen molar-refractivity contribution in [2.75, 3.05) is 19.6 Å². The van der Waals surface area contributed by atoms with Gasteiger partial charge in [-0.05, 0) is 12.8 Å². The number of amides is 3. The quantitative estimate of drug-likeness (QED) is 0.675. The molecule has 0 aromatic heterocycles. The van der Waals surface area contributed by atoms with Gasteiger partial charge in [-0.3, -0.25) is 4.79 Å². The average molecular weight is 225 g/mol. The molecule has 16 heavy (non-hydrogen) atoms. The van der Waals surface area contributed by atoms with Gasteiger partial charge in [-0.25, -0.2) is 4.79 Å². The third kappa shape index (κ3) is 1.99. The summed E-state index contributed by atoms with van der Waals surface area (Å²) >= 11 is 0. The summed E-state index contributed by atoms with van der Waals surface area (Å²) in [6.45, 7) is 6.03. The largest absolute Gasteiger partial charge is 0.342 e. The minimum absolute atomic E-state index is 0.0605. The number of hydrogen-bond acceptors (Lipinski definition) is 2. The zero-order valence-electron chi connectivity index (χ0n) is 9.88. The molecule has 2 saturated heterocycles. The molecule has 0 atom stereocenters. The van der Waals surface area contributed by atoms with Crippen LogP contribution in [0, 0.1) is 5.92 Å². The van der Waals surface area contributed by atoms with Gasteiger partial charge < -0.3 is 15.5 Å². The van der Waals surface area contributed by atoms with E-state index in [9.17, 15) is 9.59 Å².